The van der Waals surface area contributed by atoms with Crippen LogP contribution in [-0.4, -0.2) is 47.2 Å². The summed E-state index contributed by atoms with van der Waals surface area (Å²) >= 11 is 0. The highest BCUT2D eigenvalue weighted by molar-refractivity contribution is 5.91. The predicted octanol–water partition coefficient (Wildman–Crippen LogP) is 1.62. The highest BCUT2D eigenvalue weighted by Crippen LogP contribution is 2.53. The number of hydrogen-bond donors (Lipinski definition) is 1. The van der Waals surface area contributed by atoms with Crippen LogP contribution in [0.2, 0.25) is 0 Å². The number of fused-ring (bicyclic) bond motifs is 1. The molecule has 4 rings (SSSR count). The lowest BCUT2D eigenvalue weighted by atomic mass is 9.77. The van der Waals surface area contributed by atoms with Crippen molar-refractivity contribution < 1.29 is 24.2 Å². The van der Waals surface area contributed by atoms with Crippen molar-refractivity contribution in [3.8, 4) is 5.75 Å². The number of benzene rings is 1. The highest BCUT2D eigenvalue weighted by atomic mass is 16.5. The van der Waals surface area contributed by atoms with Gasteiger partial charge in [0, 0.05) is 0 Å². The SMILES string of the molecule is COc1ccc([C@@H](C)N2C[C@]34C=C[C@H](O3)[C@H](C(=O)O)[C@@H]4C2=O)cc1. The Morgan fingerprint density at radius 1 is 1.42 bits per heavy atom. The number of amides is 1. The van der Waals surface area contributed by atoms with E-state index in [1.165, 1.54) is 0 Å². The number of carbonyl (C=O) groups is 2. The molecular weight excluding hydrogens is 310 g/mol. The number of nitrogens with zero attached hydrogens (tertiary/aromatic N) is 1. The van der Waals surface area contributed by atoms with E-state index in [4.69, 9.17) is 9.47 Å². The molecule has 0 aliphatic carbocycles. The van der Waals surface area contributed by atoms with E-state index in [2.05, 4.69) is 0 Å². The number of carboxylic acids is 1. The molecule has 1 aromatic rings. The van der Waals surface area contributed by atoms with E-state index in [0.29, 0.717) is 6.54 Å². The summed E-state index contributed by atoms with van der Waals surface area (Å²) in [5.41, 5.74) is 0.192. The van der Waals surface area contributed by atoms with Gasteiger partial charge in [0.25, 0.3) is 0 Å². The van der Waals surface area contributed by atoms with Crippen LogP contribution in [0.3, 0.4) is 0 Å². The first-order valence-corrected chi connectivity index (χ1v) is 8.01. The van der Waals surface area contributed by atoms with Gasteiger partial charge >= 0.3 is 5.97 Å². The van der Waals surface area contributed by atoms with E-state index >= 15 is 0 Å². The number of rotatable bonds is 4. The maximum absolute atomic E-state index is 12.9. The Morgan fingerprint density at radius 2 is 2.12 bits per heavy atom. The first-order chi connectivity index (χ1) is 11.5. The molecule has 3 aliphatic rings. The molecule has 2 saturated heterocycles. The summed E-state index contributed by atoms with van der Waals surface area (Å²) in [5, 5.41) is 9.50. The molecule has 3 heterocycles. The average Bonchev–Trinajstić information content (AvgIpc) is 3.22. The van der Waals surface area contributed by atoms with E-state index in [9.17, 15) is 14.7 Å². The second-order valence-corrected chi connectivity index (χ2v) is 6.65. The topological polar surface area (TPSA) is 76.1 Å². The number of ether oxygens (including phenoxy) is 2. The fourth-order valence-electron chi connectivity index (χ4n) is 4.20. The van der Waals surface area contributed by atoms with Crippen LogP contribution >= 0.6 is 0 Å². The Kier molecular flexibility index (Phi) is 3.22. The van der Waals surface area contributed by atoms with E-state index < -0.39 is 29.5 Å². The maximum Gasteiger partial charge on any atom is 0.310 e. The molecule has 0 radical (unpaired) electrons. The van der Waals surface area contributed by atoms with E-state index in [1.807, 2.05) is 37.3 Å². The average molecular weight is 329 g/mol. The summed E-state index contributed by atoms with van der Waals surface area (Å²) in [6, 6.07) is 7.39. The molecule has 3 aliphatic heterocycles. The smallest absolute Gasteiger partial charge is 0.310 e. The third kappa shape index (κ3) is 1.92. The minimum atomic E-state index is -0.969. The van der Waals surface area contributed by atoms with Gasteiger partial charge in [-0.25, -0.2) is 0 Å². The van der Waals surface area contributed by atoms with Gasteiger partial charge in [-0.3, -0.25) is 9.59 Å². The molecule has 6 heteroatoms. The molecule has 2 fully saturated rings. The molecule has 6 nitrogen and oxygen atoms in total. The summed E-state index contributed by atoms with van der Waals surface area (Å²) in [6.45, 7) is 2.34. The number of aliphatic carboxylic acids is 1. The standard InChI is InChI=1S/C18H19NO5/c1-10(11-3-5-12(23-2)6-4-11)19-9-18-8-7-13(24-18)14(17(21)22)15(18)16(19)20/h3-8,10,13-15H,9H2,1-2H3,(H,21,22)/t10-,13+,14+,15-,18+/m1/s1. The van der Waals surface area contributed by atoms with Gasteiger partial charge in [-0.05, 0) is 24.6 Å². The van der Waals surface area contributed by atoms with Crippen LogP contribution in [0.15, 0.2) is 36.4 Å². The third-order valence-corrected chi connectivity index (χ3v) is 5.48. The number of carboxylic acid groups (broad SMARTS) is 1. The van der Waals surface area contributed by atoms with Crippen LogP contribution in [0, 0.1) is 11.8 Å². The molecule has 0 aromatic heterocycles. The van der Waals surface area contributed by atoms with Crippen molar-refractivity contribution in [2.75, 3.05) is 13.7 Å². The Bertz CT molecular complexity index is 727. The van der Waals surface area contributed by atoms with Crippen LogP contribution in [0.1, 0.15) is 18.5 Å². The van der Waals surface area contributed by atoms with Gasteiger partial charge in [-0.2, -0.15) is 0 Å². The number of methoxy groups -OCH3 is 1. The fourth-order valence-corrected chi connectivity index (χ4v) is 4.20. The van der Waals surface area contributed by atoms with Crippen molar-refractivity contribution in [3.63, 3.8) is 0 Å². The fraction of sp³-hybridized carbons (Fsp3) is 0.444. The largest absolute Gasteiger partial charge is 0.497 e. The second kappa shape index (κ2) is 5.08. The van der Waals surface area contributed by atoms with Gasteiger partial charge in [0.2, 0.25) is 5.91 Å². The quantitative estimate of drug-likeness (QED) is 0.850. The summed E-state index contributed by atoms with van der Waals surface area (Å²) in [6.07, 6.45) is 3.17. The molecule has 1 amide bonds. The summed E-state index contributed by atoms with van der Waals surface area (Å²) in [5.74, 6) is -1.78. The monoisotopic (exact) mass is 329 g/mol. The first-order valence-electron chi connectivity index (χ1n) is 8.01. The summed E-state index contributed by atoms with van der Waals surface area (Å²) < 4.78 is 11.1. The molecule has 126 valence electrons. The van der Waals surface area contributed by atoms with Gasteiger partial charge in [0.15, 0.2) is 0 Å². The molecule has 24 heavy (non-hydrogen) atoms. The van der Waals surface area contributed by atoms with Crippen LogP contribution < -0.4 is 4.74 Å². The Hall–Kier alpha value is -2.34. The van der Waals surface area contributed by atoms with Gasteiger partial charge in [0.05, 0.1) is 31.7 Å². The lowest BCUT2D eigenvalue weighted by molar-refractivity contribution is -0.148. The lowest BCUT2D eigenvalue weighted by Gasteiger charge is -2.27. The van der Waals surface area contributed by atoms with E-state index in [1.54, 1.807) is 18.1 Å². The third-order valence-electron chi connectivity index (χ3n) is 5.48. The van der Waals surface area contributed by atoms with Crippen molar-refractivity contribution in [2.45, 2.75) is 24.7 Å². The first kappa shape index (κ1) is 15.2. The van der Waals surface area contributed by atoms with Gasteiger partial charge in [-0.15, -0.1) is 0 Å². The van der Waals surface area contributed by atoms with Crippen LogP contribution in [0.25, 0.3) is 0 Å². The Balaban J connectivity index is 1.63. The minimum Gasteiger partial charge on any atom is -0.497 e. The van der Waals surface area contributed by atoms with Gasteiger partial charge in [-0.1, -0.05) is 24.3 Å². The number of carbonyl (C=O) groups excluding carboxylic acids is 1. The van der Waals surface area contributed by atoms with E-state index in [0.717, 1.165) is 11.3 Å². The maximum atomic E-state index is 12.9. The molecule has 2 bridgehead atoms. The second-order valence-electron chi connectivity index (χ2n) is 6.65. The van der Waals surface area contributed by atoms with Crippen molar-refractivity contribution in [3.05, 3.63) is 42.0 Å². The van der Waals surface area contributed by atoms with Crippen molar-refractivity contribution in [1.82, 2.24) is 4.90 Å². The molecular formula is C18H19NO5. The van der Waals surface area contributed by atoms with Crippen molar-refractivity contribution in [1.29, 1.82) is 0 Å². The number of likely N-dealkylation sites (tertiary alicyclic amines) is 1. The van der Waals surface area contributed by atoms with Crippen LogP contribution in [0.5, 0.6) is 5.75 Å². The molecule has 1 spiro atoms. The molecule has 5 atom stereocenters. The van der Waals surface area contributed by atoms with Crippen molar-refractivity contribution >= 4 is 11.9 Å². The molecule has 1 aromatic carbocycles. The normalized spacial score (nSPS) is 34.5. The van der Waals surface area contributed by atoms with Gasteiger partial charge < -0.3 is 19.5 Å². The lowest BCUT2D eigenvalue weighted by Crippen LogP contribution is -2.39. The van der Waals surface area contributed by atoms with Gasteiger partial charge in [0.1, 0.15) is 17.3 Å². The zero-order chi connectivity index (χ0) is 17.1. The predicted molar refractivity (Wildman–Crippen MR) is 84.5 cm³/mol. The van der Waals surface area contributed by atoms with Crippen molar-refractivity contribution in [2.24, 2.45) is 11.8 Å². The van der Waals surface area contributed by atoms with Crippen LogP contribution in [0.4, 0.5) is 0 Å². The summed E-state index contributed by atoms with van der Waals surface area (Å²) in [7, 11) is 1.61. The minimum absolute atomic E-state index is 0.141. The Morgan fingerprint density at radius 3 is 2.75 bits per heavy atom. The zero-order valence-electron chi connectivity index (χ0n) is 13.5. The number of hydrogen-bond acceptors (Lipinski definition) is 4. The molecule has 0 saturated carbocycles. The highest BCUT2D eigenvalue weighted by Gasteiger charge is 2.67. The zero-order valence-corrected chi connectivity index (χ0v) is 13.5. The van der Waals surface area contributed by atoms with Crippen LogP contribution in [-0.2, 0) is 14.3 Å². The Labute approximate surface area is 139 Å². The molecule has 1 N–H and O–H groups in total. The summed E-state index contributed by atoms with van der Waals surface area (Å²) in [4.78, 5) is 26.3. The van der Waals surface area contributed by atoms with E-state index in [-0.39, 0.29) is 11.9 Å². The molecule has 0 unspecified atom stereocenters.